The third-order valence-corrected chi connectivity index (χ3v) is 7.74. The fraction of sp³-hybridized carbons (Fsp3) is 0.409. The van der Waals surface area contributed by atoms with Crippen LogP contribution < -0.4 is 9.64 Å². The van der Waals surface area contributed by atoms with Gasteiger partial charge in [0, 0.05) is 43.9 Å². The van der Waals surface area contributed by atoms with Gasteiger partial charge in [0.25, 0.3) is 0 Å². The Hall–Kier alpha value is -2.00. The fourth-order valence-corrected chi connectivity index (χ4v) is 5.20. The first kappa shape index (κ1) is 24.6. The number of benzene rings is 2. The first-order chi connectivity index (χ1) is 15.1. The highest BCUT2D eigenvalue weighted by molar-refractivity contribution is 7.89. The normalized spacial score (nSPS) is 14.7. The number of carbonyl (C=O) groups excluding carboxylic acids is 1. The van der Waals surface area contributed by atoms with Gasteiger partial charge in [-0.2, -0.15) is 4.31 Å². The Balaban J connectivity index is 1.62. The maximum absolute atomic E-state index is 12.9. The molecule has 0 aliphatic carbocycles. The molecule has 1 heterocycles. The van der Waals surface area contributed by atoms with Crippen LogP contribution in [-0.2, 0) is 14.8 Å². The summed E-state index contributed by atoms with van der Waals surface area (Å²) in [5.41, 5.74) is 2.17. The second kappa shape index (κ2) is 10.3. The monoisotopic (exact) mass is 499 g/mol. The molecule has 0 N–H and O–H groups in total. The van der Waals surface area contributed by atoms with Crippen molar-refractivity contribution in [3.63, 3.8) is 0 Å². The molecule has 10 heteroatoms. The van der Waals surface area contributed by atoms with Gasteiger partial charge in [-0.05, 0) is 49.7 Å². The number of piperazine rings is 1. The SMILES string of the molecule is CCOc1ccc(S(=O)(=O)N(C)CC(=O)N2CCN(c3cc(Cl)ccc3C)CC2)cc1Cl. The number of anilines is 1. The number of halogens is 2. The second-order valence-corrected chi connectivity index (χ2v) is 10.5. The quantitative estimate of drug-likeness (QED) is 0.581. The standard InChI is InChI=1S/C22H27Cl2N3O4S/c1-4-31-21-8-7-18(14-19(21)24)32(29,30)25(3)15-22(28)27-11-9-26(10-12-27)20-13-17(23)6-5-16(20)2/h5-8,13-14H,4,9-12,15H2,1-3H3. The molecular weight excluding hydrogens is 473 g/mol. The van der Waals surface area contributed by atoms with Crippen LogP contribution in [0.15, 0.2) is 41.3 Å². The first-order valence-corrected chi connectivity index (χ1v) is 12.5. The molecule has 2 aromatic rings. The molecule has 0 radical (unpaired) electrons. The van der Waals surface area contributed by atoms with E-state index in [1.54, 1.807) is 4.90 Å². The molecule has 1 aliphatic heterocycles. The Labute approximate surface area is 199 Å². The van der Waals surface area contributed by atoms with E-state index in [0.29, 0.717) is 43.6 Å². The average molecular weight is 500 g/mol. The van der Waals surface area contributed by atoms with E-state index in [4.69, 9.17) is 27.9 Å². The zero-order valence-electron chi connectivity index (χ0n) is 18.3. The van der Waals surface area contributed by atoms with Crippen molar-refractivity contribution in [3.8, 4) is 5.75 Å². The van der Waals surface area contributed by atoms with Crippen molar-refractivity contribution >= 4 is 44.8 Å². The molecule has 1 fully saturated rings. The molecule has 3 rings (SSSR count). The predicted molar refractivity (Wildman–Crippen MR) is 127 cm³/mol. The number of ether oxygens (including phenoxy) is 1. The minimum atomic E-state index is -3.87. The minimum Gasteiger partial charge on any atom is -0.492 e. The molecule has 0 unspecified atom stereocenters. The molecule has 7 nitrogen and oxygen atoms in total. The molecule has 32 heavy (non-hydrogen) atoms. The summed E-state index contributed by atoms with van der Waals surface area (Å²) >= 11 is 12.3. The van der Waals surface area contributed by atoms with E-state index in [0.717, 1.165) is 15.6 Å². The number of sulfonamides is 1. The van der Waals surface area contributed by atoms with Gasteiger partial charge in [0.1, 0.15) is 5.75 Å². The number of nitrogens with zero attached hydrogens (tertiary/aromatic N) is 3. The Morgan fingerprint density at radius 2 is 1.78 bits per heavy atom. The highest BCUT2D eigenvalue weighted by Gasteiger charge is 2.28. The van der Waals surface area contributed by atoms with Gasteiger partial charge in [-0.3, -0.25) is 4.79 Å². The van der Waals surface area contributed by atoms with Gasteiger partial charge in [-0.1, -0.05) is 29.3 Å². The number of carbonyl (C=O) groups is 1. The lowest BCUT2D eigenvalue weighted by Crippen LogP contribution is -2.51. The number of hydrogen-bond donors (Lipinski definition) is 0. The van der Waals surface area contributed by atoms with Gasteiger partial charge in [-0.15, -0.1) is 0 Å². The van der Waals surface area contributed by atoms with Crippen LogP contribution in [0.3, 0.4) is 0 Å². The average Bonchev–Trinajstić information content (AvgIpc) is 2.77. The second-order valence-electron chi connectivity index (χ2n) is 7.58. The van der Waals surface area contributed by atoms with E-state index < -0.39 is 10.0 Å². The summed E-state index contributed by atoms with van der Waals surface area (Å²) in [5, 5.41) is 0.880. The molecule has 0 spiro atoms. The number of rotatable bonds is 7. The van der Waals surface area contributed by atoms with Gasteiger partial charge in [-0.25, -0.2) is 8.42 Å². The van der Waals surface area contributed by atoms with E-state index in [1.165, 1.54) is 25.2 Å². The molecule has 1 saturated heterocycles. The Morgan fingerprint density at radius 3 is 2.41 bits per heavy atom. The third kappa shape index (κ3) is 5.49. The van der Waals surface area contributed by atoms with Crippen molar-refractivity contribution in [3.05, 3.63) is 52.0 Å². The van der Waals surface area contributed by atoms with Gasteiger partial charge in [0.05, 0.1) is 23.1 Å². The van der Waals surface area contributed by atoms with Crippen molar-refractivity contribution in [2.45, 2.75) is 18.7 Å². The van der Waals surface area contributed by atoms with Crippen molar-refractivity contribution in [1.29, 1.82) is 0 Å². The van der Waals surface area contributed by atoms with Crippen LogP contribution in [0.25, 0.3) is 0 Å². The summed E-state index contributed by atoms with van der Waals surface area (Å²) in [6.07, 6.45) is 0. The maximum atomic E-state index is 12.9. The molecule has 0 bridgehead atoms. The lowest BCUT2D eigenvalue weighted by atomic mass is 10.1. The van der Waals surface area contributed by atoms with Crippen LogP contribution in [0.4, 0.5) is 5.69 Å². The molecule has 0 atom stereocenters. The van der Waals surface area contributed by atoms with Gasteiger partial charge < -0.3 is 14.5 Å². The largest absolute Gasteiger partial charge is 0.492 e. The van der Waals surface area contributed by atoms with E-state index in [9.17, 15) is 13.2 Å². The zero-order valence-corrected chi connectivity index (χ0v) is 20.7. The van der Waals surface area contributed by atoms with E-state index in [1.807, 2.05) is 32.0 Å². The topological polar surface area (TPSA) is 70.2 Å². The lowest BCUT2D eigenvalue weighted by Gasteiger charge is -2.37. The summed E-state index contributed by atoms with van der Waals surface area (Å²) in [6, 6.07) is 10.0. The minimum absolute atomic E-state index is 0.0162. The van der Waals surface area contributed by atoms with Crippen LogP contribution in [-0.4, -0.2) is 69.9 Å². The van der Waals surface area contributed by atoms with Crippen molar-refractivity contribution in [2.75, 3.05) is 51.3 Å². The molecule has 0 aromatic heterocycles. The Bertz CT molecular complexity index is 1090. The molecule has 1 amide bonds. The predicted octanol–water partition coefficient (Wildman–Crippen LogP) is 3.67. The summed E-state index contributed by atoms with van der Waals surface area (Å²) in [7, 11) is -2.48. The van der Waals surface area contributed by atoms with Crippen LogP contribution in [0.5, 0.6) is 5.75 Å². The third-order valence-electron chi connectivity index (χ3n) is 5.41. The molecule has 2 aromatic carbocycles. The molecule has 1 aliphatic rings. The van der Waals surface area contributed by atoms with Crippen LogP contribution in [0.2, 0.25) is 10.0 Å². The Kier molecular flexibility index (Phi) is 7.92. The Morgan fingerprint density at radius 1 is 1.09 bits per heavy atom. The lowest BCUT2D eigenvalue weighted by molar-refractivity contribution is -0.131. The van der Waals surface area contributed by atoms with Gasteiger partial charge in [0.15, 0.2) is 0 Å². The summed E-state index contributed by atoms with van der Waals surface area (Å²) < 4.78 is 32.2. The number of aryl methyl sites for hydroxylation is 1. The molecule has 0 saturated carbocycles. The van der Waals surface area contributed by atoms with Gasteiger partial charge in [0.2, 0.25) is 15.9 Å². The smallest absolute Gasteiger partial charge is 0.243 e. The van der Waals surface area contributed by atoms with E-state index in [-0.39, 0.29) is 22.4 Å². The van der Waals surface area contributed by atoms with Crippen LogP contribution in [0, 0.1) is 6.92 Å². The zero-order chi connectivity index (χ0) is 23.5. The van der Waals surface area contributed by atoms with Gasteiger partial charge >= 0.3 is 0 Å². The number of amides is 1. The van der Waals surface area contributed by atoms with Crippen molar-refractivity contribution < 1.29 is 17.9 Å². The molecular formula is C22H27Cl2N3O4S. The van der Waals surface area contributed by atoms with Crippen molar-refractivity contribution in [1.82, 2.24) is 9.21 Å². The van der Waals surface area contributed by atoms with E-state index in [2.05, 4.69) is 4.90 Å². The highest BCUT2D eigenvalue weighted by atomic mass is 35.5. The summed E-state index contributed by atoms with van der Waals surface area (Å²) in [5.74, 6) is 0.176. The number of likely N-dealkylation sites (N-methyl/N-ethyl adjacent to an activating group) is 1. The number of hydrogen-bond acceptors (Lipinski definition) is 5. The van der Waals surface area contributed by atoms with E-state index >= 15 is 0 Å². The van der Waals surface area contributed by atoms with Crippen LogP contribution in [0.1, 0.15) is 12.5 Å². The van der Waals surface area contributed by atoms with Crippen LogP contribution >= 0.6 is 23.2 Å². The van der Waals surface area contributed by atoms with Crippen molar-refractivity contribution in [2.24, 2.45) is 0 Å². The molecule has 174 valence electrons. The summed E-state index contributed by atoms with van der Waals surface area (Å²) in [6.45, 7) is 6.33. The first-order valence-electron chi connectivity index (χ1n) is 10.3. The maximum Gasteiger partial charge on any atom is 0.243 e. The highest BCUT2D eigenvalue weighted by Crippen LogP contribution is 2.29. The summed E-state index contributed by atoms with van der Waals surface area (Å²) in [4.78, 5) is 16.7. The fourth-order valence-electron chi connectivity index (χ4n) is 3.59.